The molecule has 2 aromatic heterocycles. The third-order valence-corrected chi connectivity index (χ3v) is 2.96. The maximum absolute atomic E-state index is 5.85. The number of rotatable bonds is 3. The lowest BCUT2D eigenvalue weighted by atomic mass is 10.2. The van der Waals surface area contributed by atoms with Crippen LogP contribution in [0.5, 0.6) is 5.88 Å². The summed E-state index contributed by atoms with van der Waals surface area (Å²) in [4.78, 5) is 4.10. The molecule has 0 aliphatic rings. The lowest BCUT2D eigenvalue weighted by molar-refractivity contribution is 0.397. The maximum Gasteiger partial charge on any atom is 0.253 e. The van der Waals surface area contributed by atoms with Gasteiger partial charge in [-0.2, -0.15) is 0 Å². The fourth-order valence-corrected chi connectivity index (χ4v) is 1.88. The van der Waals surface area contributed by atoms with E-state index in [9.17, 15) is 0 Å². The predicted octanol–water partition coefficient (Wildman–Crippen LogP) is 3.46. The van der Waals surface area contributed by atoms with Crippen molar-refractivity contribution in [2.75, 3.05) is 7.11 Å². The Bertz CT molecular complexity index is 725. The standard InChI is InChI=1S/C14H10ClN3O2/c1-19-13-11(3-2-8-16-13)14-18-17-12(20-14)9-4-6-10(15)7-5-9/h2-8H,1H3. The molecule has 0 atom stereocenters. The van der Waals surface area contributed by atoms with Crippen LogP contribution in [0.1, 0.15) is 0 Å². The number of aromatic nitrogens is 3. The minimum absolute atomic E-state index is 0.361. The molecule has 0 unspecified atom stereocenters. The first-order valence-electron chi connectivity index (χ1n) is 5.87. The Morgan fingerprint density at radius 1 is 1.05 bits per heavy atom. The molecule has 2 heterocycles. The highest BCUT2D eigenvalue weighted by atomic mass is 35.5. The lowest BCUT2D eigenvalue weighted by Crippen LogP contribution is -1.90. The van der Waals surface area contributed by atoms with Gasteiger partial charge in [0.2, 0.25) is 11.8 Å². The third kappa shape index (κ3) is 2.35. The molecule has 0 aliphatic heterocycles. The van der Waals surface area contributed by atoms with Gasteiger partial charge in [-0.1, -0.05) is 11.6 Å². The summed E-state index contributed by atoms with van der Waals surface area (Å²) in [7, 11) is 1.54. The number of nitrogens with zero attached hydrogens (tertiary/aromatic N) is 3. The van der Waals surface area contributed by atoms with Crippen molar-refractivity contribution in [1.82, 2.24) is 15.2 Å². The minimum Gasteiger partial charge on any atom is -0.480 e. The molecule has 1 aromatic carbocycles. The zero-order valence-corrected chi connectivity index (χ0v) is 11.3. The van der Waals surface area contributed by atoms with Crippen LogP contribution in [0, 0.1) is 0 Å². The van der Waals surface area contributed by atoms with E-state index in [1.54, 1.807) is 31.5 Å². The van der Waals surface area contributed by atoms with E-state index < -0.39 is 0 Å². The second-order valence-electron chi connectivity index (χ2n) is 3.98. The Hall–Kier alpha value is -2.40. The average Bonchev–Trinajstić information content (AvgIpc) is 2.97. The van der Waals surface area contributed by atoms with Gasteiger partial charge >= 0.3 is 0 Å². The van der Waals surface area contributed by atoms with Crippen molar-refractivity contribution < 1.29 is 9.15 Å². The van der Waals surface area contributed by atoms with Gasteiger partial charge in [0, 0.05) is 16.8 Å². The average molecular weight is 288 g/mol. The zero-order chi connectivity index (χ0) is 13.9. The molecule has 3 aromatic rings. The van der Waals surface area contributed by atoms with Crippen molar-refractivity contribution in [2.45, 2.75) is 0 Å². The molecule has 3 rings (SSSR count). The van der Waals surface area contributed by atoms with Crippen molar-refractivity contribution in [3.05, 3.63) is 47.6 Å². The number of methoxy groups -OCH3 is 1. The van der Waals surface area contributed by atoms with Crippen molar-refractivity contribution in [1.29, 1.82) is 0 Å². The monoisotopic (exact) mass is 287 g/mol. The summed E-state index contributed by atoms with van der Waals surface area (Å²) >= 11 is 5.85. The van der Waals surface area contributed by atoms with Crippen molar-refractivity contribution in [3.8, 4) is 28.8 Å². The number of ether oxygens (including phenoxy) is 1. The van der Waals surface area contributed by atoms with Gasteiger partial charge in [0.25, 0.3) is 5.89 Å². The van der Waals surface area contributed by atoms with Crippen LogP contribution in [0.3, 0.4) is 0 Å². The second kappa shape index (κ2) is 5.30. The van der Waals surface area contributed by atoms with Crippen LogP contribution in [0.4, 0.5) is 0 Å². The van der Waals surface area contributed by atoms with Crippen LogP contribution >= 0.6 is 11.6 Å². The van der Waals surface area contributed by atoms with Crippen LogP contribution in [-0.2, 0) is 0 Å². The topological polar surface area (TPSA) is 61.0 Å². The van der Waals surface area contributed by atoms with Gasteiger partial charge in [-0.05, 0) is 36.4 Å². The Labute approximate surface area is 120 Å². The number of hydrogen-bond acceptors (Lipinski definition) is 5. The zero-order valence-electron chi connectivity index (χ0n) is 10.6. The van der Waals surface area contributed by atoms with E-state index in [1.807, 2.05) is 18.2 Å². The summed E-state index contributed by atoms with van der Waals surface area (Å²) in [6, 6.07) is 10.8. The SMILES string of the molecule is COc1ncccc1-c1nnc(-c2ccc(Cl)cc2)o1. The molecule has 0 bridgehead atoms. The molecule has 0 aliphatic carbocycles. The molecule has 0 spiro atoms. The van der Waals surface area contributed by atoms with E-state index in [-0.39, 0.29) is 0 Å². The summed E-state index contributed by atoms with van der Waals surface area (Å²) in [5.74, 6) is 1.22. The van der Waals surface area contributed by atoms with Gasteiger partial charge in [0.15, 0.2) is 0 Å². The van der Waals surface area contributed by atoms with Crippen LogP contribution < -0.4 is 4.74 Å². The first-order chi connectivity index (χ1) is 9.78. The summed E-state index contributed by atoms with van der Waals surface area (Å²) in [6.07, 6.45) is 1.64. The minimum atomic E-state index is 0.361. The van der Waals surface area contributed by atoms with Gasteiger partial charge in [-0.15, -0.1) is 10.2 Å². The molecule has 0 N–H and O–H groups in total. The third-order valence-electron chi connectivity index (χ3n) is 2.71. The molecular weight excluding hydrogens is 278 g/mol. The maximum atomic E-state index is 5.85. The summed E-state index contributed by atoms with van der Waals surface area (Å²) < 4.78 is 10.8. The van der Waals surface area contributed by atoms with Crippen molar-refractivity contribution >= 4 is 11.6 Å². The molecule has 6 heteroatoms. The molecule has 0 amide bonds. The normalized spacial score (nSPS) is 10.5. The van der Waals surface area contributed by atoms with E-state index in [0.29, 0.717) is 28.2 Å². The Morgan fingerprint density at radius 2 is 1.80 bits per heavy atom. The molecule has 0 saturated heterocycles. The highest BCUT2D eigenvalue weighted by Crippen LogP contribution is 2.29. The summed E-state index contributed by atoms with van der Waals surface area (Å²) in [5, 5.41) is 8.70. The van der Waals surface area contributed by atoms with Gasteiger partial charge in [0.05, 0.1) is 7.11 Å². The number of benzene rings is 1. The van der Waals surface area contributed by atoms with Crippen molar-refractivity contribution in [2.24, 2.45) is 0 Å². The van der Waals surface area contributed by atoms with E-state index in [1.165, 1.54) is 0 Å². The van der Waals surface area contributed by atoms with Crippen LogP contribution in [0.15, 0.2) is 47.0 Å². The molecule has 0 radical (unpaired) electrons. The quantitative estimate of drug-likeness (QED) is 0.738. The van der Waals surface area contributed by atoms with Gasteiger partial charge in [0.1, 0.15) is 5.56 Å². The number of hydrogen-bond donors (Lipinski definition) is 0. The second-order valence-corrected chi connectivity index (χ2v) is 4.42. The van der Waals surface area contributed by atoms with E-state index in [4.69, 9.17) is 20.8 Å². The smallest absolute Gasteiger partial charge is 0.253 e. The highest BCUT2D eigenvalue weighted by Gasteiger charge is 2.14. The van der Waals surface area contributed by atoms with Gasteiger partial charge in [-0.3, -0.25) is 0 Å². The molecule has 100 valence electrons. The molecule has 0 fully saturated rings. The van der Waals surface area contributed by atoms with Gasteiger partial charge in [-0.25, -0.2) is 4.98 Å². The number of pyridine rings is 1. The fourth-order valence-electron chi connectivity index (χ4n) is 1.76. The highest BCUT2D eigenvalue weighted by molar-refractivity contribution is 6.30. The van der Waals surface area contributed by atoms with Gasteiger partial charge < -0.3 is 9.15 Å². The largest absolute Gasteiger partial charge is 0.480 e. The van der Waals surface area contributed by atoms with E-state index in [2.05, 4.69) is 15.2 Å². The summed E-state index contributed by atoms with van der Waals surface area (Å²) in [5.41, 5.74) is 1.46. The first-order valence-corrected chi connectivity index (χ1v) is 6.24. The Balaban J connectivity index is 2.00. The molecular formula is C14H10ClN3O2. The molecule has 20 heavy (non-hydrogen) atoms. The van der Waals surface area contributed by atoms with Crippen LogP contribution in [0.2, 0.25) is 5.02 Å². The number of halogens is 1. The molecule has 0 saturated carbocycles. The Kier molecular flexibility index (Phi) is 3.35. The first kappa shape index (κ1) is 12.6. The van der Waals surface area contributed by atoms with Crippen LogP contribution in [-0.4, -0.2) is 22.3 Å². The Morgan fingerprint density at radius 3 is 2.55 bits per heavy atom. The van der Waals surface area contributed by atoms with E-state index >= 15 is 0 Å². The van der Waals surface area contributed by atoms with Crippen molar-refractivity contribution in [3.63, 3.8) is 0 Å². The predicted molar refractivity (Wildman–Crippen MR) is 74.5 cm³/mol. The van der Waals surface area contributed by atoms with Crippen LogP contribution in [0.25, 0.3) is 22.9 Å². The fraction of sp³-hybridized carbons (Fsp3) is 0.0714. The van der Waals surface area contributed by atoms with E-state index in [0.717, 1.165) is 5.56 Å². The lowest BCUT2D eigenvalue weighted by Gasteiger charge is -2.01. The summed E-state index contributed by atoms with van der Waals surface area (Å²) in [6.45, 7) is 0. The molecule has 5 nitrogen and oxygen atoms in total.